The first-order chi connectivity index (χ1) is 9.61. The number of benzene rings is 2. The predicted octanol–water partition coefficient (Wildman–Crippen LogP) is 2.51. The summed E-state index contributed by atoms with van der Waals surface area (Å²) in [5.74, 6) is -0.0848. The van der Waals surface area contributed by atoms with Gasteiger partial charge >= 0.3 is 0 Å². The van der Waals surface area contributed by atoms with E-state index < -0.39 is 0 Å². The maximum Gasteiger partial charge on any atom is 0.196 e. The first kappa shape index (κ1) is 13.8. The maximum absolute atomic E-state index is 12.2. The van der Waals surface area contributed by atoms with Gasteiger partial charge in [0, 0.05) is 11.6 Å². The molecule has 0 bridgehead atoms. The number of aromatic hydroxyl groups is 1. The van der Waals surface area contributed by atoms with E-state index >= 15 is 0 Å². The summed E-state index contributed by atoms with van der Waals surface area (Å²) in [5, 5.41) is 9.89. The number of carbonyl (C=O) groups excluding carboxylic acids is 2. The first-order valence-electron chi connectivity index (χ1n) is 6.12. The zero-order valence-electron chi connectivity index (χ0n) is 11.0. The van der Waals surface area contributed by atoms with Crippen LogP contribution in [0.25, 0.3) is 0 Å². The highest BCUT2D eigenvalue weighted by atomic mass is 16.5. The number of ketones is 1. The van der Waals surface area contributed by atoms with Gasteiger partial charge in [0.1, 0.15) is 18.1 Å². The van der Waals surface area contributed by atoms with Crippen molar-refractivity contribution in [3.8, 4) is 11.5 Å². The van der Waals surface area contributed by atoms with Gasteiger partial charge in [-0.2, -0.15) is 0 Å². The molecule has 0 aliphatic carbocycles. The molecule has 0 amide bonds. The smallest absolute Gasteiger partial charge is 0.196 e. The van der Waals surface area contributed by atoms with Gasteiger partial charge in [-0.25, -0.2) is 0 Å². The van der Waals surface area contributed by atoms with Crippen molar-refractivity contribution in [1.82, 2.24) is 0 Å². The Bertz CT molecular complexity index is 629. The Balaban J connectivity index is 2.26. The van der Waals surface area contributed by atoms with Gasteiger partial charge in [-0.05, 0) is 19.1 Å². The van der Waals surface area contributed by atoms with Crippen molar-refractivity contribution in [3.05, 3.63) is 59.2 Å². The van der Waals surface area contributed by atoms with E-state index in [9.17, 15) is 14.7 Å². The molecule has 20 heavy (non-hydrogen) atoms. The molecule has 102 valence electrons. The van der Waals surface area contributed by atoms with Gasteiger partial charge in [0.2, 0.25) is 0 Å². The highest BCUT2D eigenvalue weighted by molar-refractivity contribution is 6.10. The van der Waals surface area contributed by atoms with E-state index in [1.54, 1.807) is 18.2 Å². The molecule has 1 N–H and O–H groups in total. The van der Waals surface area contributed by atoms with Gasteiger partial charge in [-0.3, -0.25) is 9.59 Å². The van der Waals surface area contributed by atoms with E-state index in [0.717, 1.165) is 5.56 Å². The highest BCUT2D eigenvalue weighted by Gasteiger charge is 2.14. The van der Waals surface area contributed by atoms with E-state index in [-0.39, 0.29) is 23.7 Å². The molecule has 0 radical (unpaired) electrons. The highest BCUT2D eigenvalue weighted by Crippen LogP contribution is 2.25. The second-order valence-electron chi connectivity index (χ2n) is 4.35. The summed E-state index contributed by atoms with van der Waals surface area (Å²) < 4.78 is 5.05. The molecule has 0 aliphatic rings. The normalized spacial score (nSPS) is 10.1. The standard InChI is InChI=1S/C16H14O4/c1-11-2-4-12(5-3-11)16(19)14-7-6-13(10-15(14)18)20-9-8-17/h2-8,10,18H,9H2,1H3. The zero-order chi connectivity index (χ0) is 14.5. The molecule has 0 spiro atoms. The van der Waals surface area contributed by atoms with Crippen LogP contribution < -0.4 is 4.74 Å². The molecule has 2 aromatic carbocycles. The largest absolute Gasteiger partial charge is 0.507 e. The zero-order valence-corrected chi connectivity index (χ0v) is 11.0. The summed E-state index contributed by atoms with van der Waals surface area (Å²) in [6, 6.07) is 11.5. The molecule has 0 atom stereocenters. The lowest BCUT2D eigenvalue weighted by atomic mass is 10.0. The second kappa shape index (κ2) is 6.02. The fourth-order valence-electron chi connectivity index (χ4n) is 1.78. The molecule has 0 aromatic heterocycles. The Labute approximate surface area is 116 Å². The third kappa shape index (κ3) is 3.03. The third-order valence-electron chi connectivity index (χ3n) is 2.85. The monoisotopic (exact) mass is 270 g/mol. The van der Waals surface area contributed by atoms with Gasteiger partial charge in [-0.1, -0.05) is 29.8 Å². The third-order valence-corrected chi connectivity index (χ3v) is 2.85. The summed E-state index contributed by atoms with van der Waals surface area (Å²) in [6.07, 6.45) is 0.614. The van der Waals surface area contributed by atoms with Crippen LogP contribution in [0.5, 0.6) is 11.5 Å². The van der Waals surface area contributed by atoms with Crippen molar-refractivity contribution in [2.24, 2.45) is 0 Å². The Kier molecular flexibility index (Phi) is 4.15. The Morgan fingerprint density at radius 3 is 2.50 bits per heavy atom. The average molecular weight is 270 g/mol. The Morgan fingerprint density at radius 2 is 1.90 bits per heavy atom. The van der Waals surface area contributed by atoms with Gasteiger partial charge in [0.05, 0.1) is 5.56 Å². The van der Waals surface area contributed by atoms with Crippen LogP contribution in [0.1, 0.15) is 21.5 Å². The molecule has 4 nitrogen and oxygen atoms in total. The number of ether oxygens (including phenoxy) is 1. The molecule has 0 heterocycles. The minimum absolute atomic E-state index is 0.0926. The fraction of sp³-hybridized carbons (Fsp3) is 0.125. The molecule has 0 aliphatic heterocycles. The topological polar surface area (TPSA) is 63.6 Å². The van der Waals surface area contributed by atoms with Crippen LogP contribution in [-0.4, -0.2) is 23.8 Å². The Hall–Kier alpha value is -2.62. The molecule has 0 saturated carbocycles. The van der Waals surface area contributed by atoms with Gasteiger partial charge < -0.3 is 9.84 Å². The summed E-state index contributed by atoms with van der Waals surface area (Å²) in [7, 11) is 0. The molecule has 2 aromatic rings. The SMILES string of the molecule is Cc1ccc(C(=O)c2ccc(OCC=O)cc2O)cc1. The summed E-state index contributed by atoms with van der Waals surface area (Å²) in [5.41, 5.74) is 1.77. The number of phenols is 1. The quantitative estimate of drug-likeness (QED) is 0.669. The fourth-order valence-corrected chi connectivity index (χ4v) is 1.78. The van der Waals surface area contributed by atoms with Gasteiger partial charge in [0.15, 0.2) is 12.1 Å². The van der Waals surface area contributed by atoms with E-state index in [1.165, 1.54) is 12.1 Å². The van der Waals surface area contributed by atoms with Crippen LogP contribution in [0.15, 0.2) is 42.5 Å². The summed E-state index contributed by atoms with van der Waals surface area (Å²) in [6.45, 7) is 1.84. The van der Waals surface area contributed by atoms with Crippen molar-refractivity contribution < 1.29 is 19.4 Å². The van der Waals surface area contributed by atoms with Crippen LogP contribution in [0.4, 0.5) is 0 Å². The van der Waals surface area contributed by atoms with Crippen molar-refractivity contribution in [2.75, 3.05) is 6.61 Å². The van der Waals surface area contributed by atoms with Crippen molar-refractivity contribution in [3.63, 3.8) is 0 Å². The van der Waals surface area contributed by atoms with Crippen molar-refractivity contribution in [1.29, 1.82) is 0 Å². The summed E-state index contributed by atoms with van der Waals surface area (Å²) >= 11 is 0. The van der Waals surface area contributed by atoms with E-state index in [4.69, 9.17) is 4.74 Å². The van der Waals surface area contributed by atoms with Crippen LogP contribution in [-0.2, 0) is 4.79 Å². The molecule has 0 saturated heterocycles. The number of phenolic OH excluding ortho intramolecular Hbond substituents is 1. The molecule has 4 heteroatoms. The number of aryl methyl sites for hydroxylation is 1. The van der Waals surface area contributed by atoms with E-state index in [0.29, 0.717) is 17.6 Å². The lowest BCUT2D eigenvalue weighted by Gasteiger charge is -2.07. The number of hydrogen-bond acceptors (Lipinski definition) is 4. The van der Waals surface area contributed by atoms with Gasteiger partial charge in [-0.15, -0.1) is 0 Å². The molecular formula is C16H14O4. The molecule has 0 fully saturated rings. The molecular weight excluding hydrogens is 256 g/mol. The molecule has 2 rings (SSSR count). The number of aldehydes is 1. The average Bonchev–Trinajstić information content (AvgIpc) is 2.45. The van der Waals surface area contributed by atoms with Crippen molar-refractivity contribution >= 4 is 12.1 Å². The number of hydrogen-bond donors (Lipinski definition) is 1. The lowest BCUT2D eigenvalue weighted by molar-refractivity contribution is -0.109. The lowest BCUT2D eigenvalue weighted by Crippen LogP contribution is -2.03. The van der Waals surface area contributed by atoms with Gasteiger partial charge in [0.25, 0.3) is 0 Å². The summed E-state index contributed by atoms with van der Waals surface area (Å²) in [4.78, 5) is 22.5. The van der Waals surface area contributed by atoms with E-state index in [1.807, 2.05) is 19.1 Å². The number of rotatable bonds is 5. The van der Waals surface area contributed by atoms with Crippen LogP contribution in [0.3, 0.4) is 0 Å². The predicted molar refractivity (Wildman–Crippen MR) is 74.3 cm³/mol. The minimum Gasteiger partial charge on any atom is -0.507 e. The van der Waals surface area contributed by atoms with E-state index in [2.05, 4.69) is 0 Å². The van der Waals surface area contributed by atoms with Crippen LogP contribution in [0.2, 0.25) is 0 Å². The second-order valence-corrected chi connectivity index (χ2v) is 4.35. The minimum atomic E-state index is -0.260. The van der Waals surface area contributed by atoms with Crippen LogP contribution >= 0.6 is 0 Å². The molecule has 0 unspecified atom stereocenters. The Morgan fingerprint density at radius 1 is 1.20 bits per heavy atom. The first-order valence-corrected chi connectivity index (χ1v) is 6.12. The van der Waals surface area contributed by atoms with Crippen molar-refractivity contribution in [2.45, 2.75) is 6.92 Å². The number of carbonyl (C=O) groups is 2. The van der Waals surface area contributed by atoms with Crippen LogP contribution in [0, 0.1) is 6.92 Å². The maximum atomic E-state index is 12.2.